The average Bonchev–Trinajstić information content (AvgIpc) is 2.89. The van der Waals surface area contributed by atoms with Crippen LogP contribution < -0.4 is 5.56 Å². The van der Waals surface area contributed by atoms with Gasteiger partial charge in [0.25, 0.3) is 5.56 Å². The molecule has 0 atom stereocenters. The molecule has 0 N–H and O–H groups in total. The first-order valence-electron chi connectivity index (χ1n) is 6.77. The molecule has 2 aromatic heterocycles. The van der Waals surface area contributed by atoms with Gasteiger partial charge in [-0.3, -0.25) is 14.1 Å². The largest absolute Gasteiger partial charge is 0.315 e. The summed E-state index contributed by atoms with van der Waals surface area (Å²) in [5.74, 6) is 0. The van der Waals surface area contributed by atoms with Crippen LogP contribution in [-0.4, -0.2) is 58.0 Å². The topological polar surface area (TPSA) is 37.6 Å². The van der Waals surface area contributed by atoms with E-state index in [0.717, 1.165) is 21.7 Å². The second-order valence-electron chi connectivity index (χ2n) is 5.65. The van der Waals surface area contributed by atoms with Crippen LogP contribution in [0.3, 0.4) is 0 Å². The number of aromatic nitrogens is 2. The lowest BCUT2D eigenvalue weighted by molar-refractivity contribution is -0.953. The first-order valence-corrected chi connectivity index (χ1v) is 7.65. The second-order valence-corrected chi connectivity index (χ2v) is 6.53. The third-order valence-corrected chi connectivity index (χ3v) is 5.28. The van der Waals surface area contributed by atoms with Gasteiger partial charge in [-0.25, -0.2) is 4.98 Å². The predicted octanol–water partition coefficient (Wildman–Crippen LogP) is 0.402. The van der Waals surface area contributed by atoms with Crippen molar-refractivity contribution in [2.24, 2.45) is 0 Å². The highest BCUT2D eigenvalue weighted by Gasteiger charge is 2.38. The number of piperazine rings is 3. The predicted molar refractivity (Wildman–Crippen MR) is 74.3 cm³/mol. The van der Waals surface area contributed by atoms with Gasteiger partial charge >= 0.3 is 0 Å². The molecule has 0 unspecified atom stereocenters. The quantitative estimate of drug-likeness (QED) is 0.746. The van der Waals surface area contributed by atoms with Gasteiger partial charge in [0.1, 0.15) is 12.2 Å². The molecule has 0 aromatic carbocycles. The van der Waals surface area contributed by atoms with E-state index in [0.29, 0.717) is 0 Å². The molecular formula is C13H17N4OS+. The van der Waals surface area contributed by atoms with Gasteiger partial charge in [-0.2, -0.15) is 0 Å². The van der Waals surface area contributed by atoms with Crippen molar-refractivity contribution in [1.82, 2.24) is 14.3 Å². The zero-order chi connectivity index (χ0) is 12.9. The standard InChI is InChI=1S/C13H17N4OS/c18-12-9-11(14-13-16(12)4-8-19-13)10-17-5-1-15(2-6-17)3-7-17/h4,8-9H,1-3,5-7,10H2/q+1. The van der Waals surface area contributed by atoms with E-state index in [9.17, 15) is 4.79 Å². The lowest BCUT2D eigenvalue weighted by Gasteiger charge is -2.50. The number of thiazole rings is 1. The molecular weight excluding hydrogens is 260 g/mol. The summed E-state index contributed by atoms with van der Waals surface area (Å²) < 4.78 is 2.74. The number of fused-ring (bicyclic) bond motifs is 4. The molecule has 2 bridgehead atoms. The van der Waals surface area contributed by atoms with Crippen LogP contribution in [0.2, 0.25) is 0 Å². The minimum absolute atomic E-state index is 0.0510. The molecule has 0 amide bonds. The molecule has 6 heteroatoms. The molecule has 0 radical (unpaired) electrons. The molecule has 0 saturated carbocycles. The second kappa shape index (κ2) is 4.13. The van der Waals surface area contributed by atoms with E-state index in [1.54, 1.807) is 16.7 Å². The minimum atomic E-state index is 0.0510. The Morgan fingerprint density at radius 2 is 2.00 bits per heavy atom. The van der Waals surface area contributed by atoms with Crippen LogP contribution in [0.25, 0.3) is 4.96 Å². The smallest absolute Gasteiger partial charge is 0.258 e. The molecule has 5 rings (SSSR count). The molecule has 0 spiro atoms. The summed E-state index contributed by atoms with van der Waals surface area (Å²) >= 11 is 1.53. The van der Waals surface area contributed by atoms with Gasteiger partial charge in [0.2, 0.25) is 0 Å². The highest BCUT2D eigenvalue weighted by molar-refractivity contribution is 7.15. The number of nitrogens with zero attached hydrogens (tertiary/aromatic N) is 4. The molecule has 3 aliphatic rings. The zero-order valence-corrected chi connectivity index (χ0v) is 11.6. The van der Waals surface area contributed by atoms with E-state index in [1.807, 2.05) is 5.38 Å². The average molecular weight is 277 g/mol. The number of quaternary nitrogens is 1. The first-order chi connectivity index (χ1) is 9.24. The van der Waals surface area contributed by atoms with Crippen molar-refractivity contribution in [3.8, 4) is 0 Å². The monoisotopic (exact) mass is 277 g/mol. The molecule has 100 valence electrons. The van der Waals surface area contributed by atoms with Gasteiger partial charge in [-0.15, -0.1) is 11.3 Å². The Morgan fingerprint density at radius 1 is 1.26 bits per heavy atom. The van der Waals surface area contributed by atoms with E-state index in [1.165, 1.54) is 50.6 Å². The Kier molecular flexibility index (Phi) is 2.51. The lowest BCUT2D eigenvalue weighted by Crippen LogP contribution is -2.66. The normalized spacial score (nSPS) is 30.0. The van der Waals surface area contributed by atoms with Gasteiger partial charge < -0.3 is 4.48 Å². The van der Waals surface area contributed by atoms with Crippen molar-refractivity contribution in [2.45, 2.75) is 6.54 Å². The molecule has 3 saturated heterocycles. The fraction of sp³-hybridized carbons (Fsp3) is 0.538. The SMILES string of the molecule is O=c1cc(C[N+]23CCN(CC2)CC3)nc2sccn12. The maximum absolute atomic E-state index is 12.0. The third-order valence-electron chi connectivity index (χ3n) is 4.53. The van der Waals surface area contributed by atoms with Crippen molar-refractivity contribution in [3.63, 3.8) is 0 Å². The van der Waals surface area contributed by atoms with Crippen LogP contribution in [0.1, 0.15) is 5.69 Å². The molecule has 5 heterocycles. The van der Waals surface area contributed by atoms with Gasteiger partial charge in [0, 0.05) is 37.3 Å². The summed E-state index contributed by atoms with van der Waals surface area (Å²) in [7, 11) is 0. The van der Waals surface area contributed by atoms with Crippen LogP contribution in [0.5, 0.6) is 0 Å². The summed E-state index contributed by atoms with van der Waals surface area (Å²) in [5, 5.41) is 1.92. The summed E-state index contributed by atoms with van der Waals surface area (Å²) in [6.07, 6.45) is 1.80. The Labute approximate surface area is 115 Å². The van der Waals surface area contributed by atoms with E-state index in [4.69, 9.17) is 0 Å². The van der Waals surface area contributed by atoms with Gasteiger partial charge in [-0.1, -0.05) is 0 Å². The fourth-order valence-electron chi connectivity index (χ4n) is 3.28. The molecule has 3 aliphatic heterocycles. The summed E-state index contributed by atoms with van der Waals surface area (Å²) in [4.78, 5) is 20.0. The molecule has 19 heavy (non-hydrogen) atoms. The number of rotatable bonds is 2. The van der Waals surface area contributed by atoms with Crippen molar-refractivity contribution >= 4 is 16.3 Å². The van der Waals surface area contributed by atoms with Gasteiger partial charge in [0.15, 0.2) is 4.96 Å². The van der Waals surface area contributed by atoms with E-state index < -0.39 is 0 Å². The minimum Gasteiger partial charge on any atom is -0.315 e. The van der Waals surface area contributed by atoms with E-state index in [-0.39, 0.29) is 5.56 Å². The third kappa shape index (κ3) is 1.91. The molecule has 3 fully saturated rings. The zero-order valence-electron chi connectivity index (χ0n) is 10.8. The van der Waals surface area contributed by atoms with Gasteiger partial charge in [-0.05, 0) is 0 Å². The maximum Gasteiger partial charge on any atom is 0.258 e. The van der Waals surface area contributed by atoms with Crippen molar-refractivity contribution < 1.29 is 4.48 Å². The number of hydrogen-bond donors (Lipinski definition) is 0. The van der Waals surface area contributed by atoms with Crippen LogP contribution in [0.4, 0.5) is 0 Å². The van der Waals surface area contributed by atoms with Crippen LogP contribution in [0.15, 0.2) is 22.4 Å². The highest BCUT2D eigenvalue weighted by atomic mass is 32.1. The summed E-state index contributed by atoms with van der Waals surface area (Å²) in [6, 6.07) is 1.72. The Morgan fingerprint density at radius 3 is 2.74 bits per heavy atom. The molecule has 5 nitrogen and oxygen atoms in total. The van der Waals surface area contributed by atoms with Gasteiger partial charge in [0.05, 0.1) is 19.6 Å². The van der Waals surface area contributed by atoms with Crippen molar-refractivity contribution in [1.29, 1.82) is 0 Å². The van der Waals surface area contributed by atoms with Crippen LogP contribution >= 0.6 is 11.3 Å². The molecule has 0 aliphatic carbocycles. The van der Waals surface area contributed by atoms with Crippen molar-refractivity contribution in [3.05, 3.63) is 33.7 Å². The number of hydrogen-bond acceptors (Lipinski definition) is 4. The molecule has 2 aromatic rings. The van der Waals surface area contributed by atoms with Crippen molar-refractivity contribution in [2.75, 3.05) is 39.3 Å². The van der Waals surface area contributed by atoms with Crippen LogP contribution in [0, 0.1) is 0 Å². The Bertz CT molecular complexity index is 655. The first kappa shape index (κ1) is 11.6. The van der Waals surface area contributed by atoms with Crippen LogP contribution in [-0.2, 0) is 6.54 Å². The highest BCUT2D eigenvalue weighted by Crippen LogP contribution is 2.22. The Hall–Kier alpha value is -1.24. The maximum atomic E-state index is 12.0. The fourth-order valence-corrected chi connectivity index (χ4v) is 4.02. The van der Waals surface area contributed by atoms with E-state index >= 15 is 0 Å². The summed E-state index contributed by atoms with van der Waals surface area (Å²) in [5.41, 5.74) is 1.01. The summed E-state index contributed by atoms with van der Waals surface area (Å²) in [6.45, 7) is 8.10. The van der Waals surface area contributed by atoms with E-state index in [2.05, 4.69) is 9.88 Å². The Balaban J connectivity index is 1.69. The lowest BCUT2D eigenvalue weighted by atomic mass is 10.1.